The average molecular weight is 320 g/mol. The molecule has 0 saturated carbocycles. The highest BCUT2D eigenvalue weighted by Gasteiger charge is 2.15. The molecule has 1 N–H and O–H groups in total. The van der Waals surface area contributed by atoms with Gasteiger partial charge in [-0.3, -0.25) is 9.89 Å². The van der Waals surface area contributed by atoms with E-state index in [-0.39, 0.29) is 5.56 Å². The number of rotatable bonds is 2. The Bertz CT molecular complexity index is 881. The van der Waals surface area contributed by atoms with Gasteiger partial charge in [-0.2, -0.15) is 4.52 Å². The summed E-state index contributed by atoms with van der Waals surface area (Å²) in [4.78, 5) is 17.7. The van der Waals surface area contributed by atoms with Gasteiger partial charge in [0, 0.05) is 10.6 Å². The van der Waals surface area contributed by atoms with Crippen molar-refractivity contribution < 1.29 is 0 Å². The van der Waals surface area contributed by atoms with E-state index in [1.807, 2.05) is 44.4 Å². The molecule has 2 aromatic heterocycles. The molecule has 0 radical (unpaired) electrons. The molecule has 4 nitrogen and oxygen atoms in total. The van der Waals surface area contributed by atoms with Crippen LogP contribution in [0.25, 0.3) is 16.9 Å². The highest BCUT2D eigenvalue weighted by molar-refractivity contribution is 7.98. The van der Waals surface area contributed by atoms with Crippen LogP contribution >= 0.6 is 23.4 Å². The van der Waals surface area contributed by atoms with Crippen LogP contribution in [0, 0.1) is 13.8 Å². The molecule has 6 heteroatoms. The number of thioether (sulfide) groups is 1. The Labute approximate surface area is 131 Å². The minimum absolute atomic E-state index is 0.0617. The minimum Gasteiger partial charge on any atom is -0.289 e. The van der Waals surface area contributed by atoms with E-state index >= 15 is 0 Å². The van der Waals surface area contributed by atoms with E-state index in [1.54, 1.807) is 0 Å². The molecule has 0 aliphatic heterocycles. The van der Waals surface area contributed by atoms with E-state index in [0.29, 0.717) is 15.6 Å². The summed E-state index contributed by atoms with van der Waals surface area (Å²) in [7, 11) is 0. The van der Waals surface area contributed by atoms with Gasteiger partial charge >= 0.3 is 0 Å². The molecule has 3 aromatic rings. The second-order valence-corrected chi connectivity index (χ2v) is 6.07. The molecule has 0 spiro atoms. The molecule has 0 bridgehead atoms. The van der Waals surface area contributed by atoms with Gasteiger partial charge in [0.1, 0.15) is 0 Å². The summed E-state index contributed by atoms with van der Waals surface area (Å²) < 4.78 is 1.51. The number of nitrogens with one attached hydrogen (secondary N) is 1. The number of aryl methyl sites for hydroxylation is 2. The Kier molecular flexibility index (Phi) is 3.55. The number of benzene rings is 1. The van der Waals surface area contributed by atoms with E-state index in [1.165, 1.54) is 16.3 Å². The largest absolute Gasteiger partial charge is 0.289 e. The third kappa shape index (κ3) is 2.26. The van der Waals surface area contributed by atoms with Gasteiger partial charge in [-0.05, 0) is 37.8 Å². The smallest absolute Gasteiger partial charge is 0.286 e. The zero-order chi connectivity index (χ0) is 15.1. The van der Waals surface area contributed by atoms with Crippen molar-refractivity contribution >= 4 is 29.0 Å². The molecule has 0 aliphatic carbocycles. The maximum atomic E-state index is 12.5. The minimum atomic E-state index is -0.0617. The highest BCUT2D eigenvalue weighted by atomic mass is 35.5. The molecule has 0 aliphatic rings. The van der Waals surface area contributed by atoms with Gasteiger partial charge in [0.15, 0.2) is 5.65 Å². The SMILES string of the molecule is CSc1c(C)nc2c(C)c(-c3ccc(Cl)cc3)[nH]n2c1=O. The standard InChI is InChI=1S/C15H14ClN3OS/c1-8-12(10-4-6-11(16)7-5-10)18-19-14(8)17-9(2)13(21-3)15(19)20/h4-7,18H,1-3H3. The van der Waals surface area contributed by atoms with Crippen LogP contribution in [0.5, 0.6) is 0 Å². The lowest BCUT2D eigenvalue weighted by molar-refractivity contribution is 0.853. The third-order valence-corrected chi connectivity index (χ3v) is 4.61. The Morgan fingerprint density at radius 1 is 1.24 bits per heavy atom. The molecule has 0 amide bonds. The van der Waals surface area contributed by atoms with Crippen LogP contribution in [0.1, 0.15) is 11.3 Å². The highest BCUT2D eigenvalue weighted by Crippen LogP contribution is 2.26. The van der Waals surface area contributed by atoms with Gasteiger partial charge in [-0.1, -0.05) is 23.7 Å². The zero-order valence-corrected chi connectivity index (χ0v) is 13.5. The van der Waals surface area contributed by atoms with E-state index in [0.717, 1.165) is 22.5 Å². The fourth-order valence-corrected chi connectivity index (χ4v) is 3.14. The Morgan fingerprint density at radius 2 is 1.90 bits per heavy atom. The van der Waals surface area contributed by atoms with Gasteiger partial charge < -0.3 is 0 Å². The van der Waals surface area contributed by atoms with Gasteiger partial charge in [-0.25, -0.2) is 4.98 Å². The molecule has 0 saturated heterocycles. The van der Waals surface area contributed by atoms with Gasteiger partial charge in [0.05, 0.1) is 16.3 Å². The summed E-state index contributed by atoms with van der Waals surface area (Å²) in [5.74, 6) is 0. The van der Waals surface area contributed by atoms with Crippen molar-refractivity contribution in [2.45, 2.75) is 18.7 Å². The van der Waals surface area contributed by atoms with Crippen molar-refractivity contribution in [1.29, 1.82) is 0 Å². The first kappa shape index (κ1) is 14.2. The normalized spacial score (nSPS) is 11.2. The molecule has 0 unspecified atom stereocenters. The summed E-state index contributed by atoms with van der Waals surface area (Å²) in [6.07, 6.45) is 1.88. The number of nitrogens with zero attached hydrogens (tertiary/aromatic N) is 2. The lowest BCUT2D eigenvalue weighted by atomic mass is 10.1. The number of fused-ring (bicyclic) bond motifs is 1. The maximum Gasteiger partial charge on any atom is 0.286 e. The second kappa shape index (κ2) is 5.24. The quantitative estimate of drug-likeness (QED) is 0.733. The lowest BCUT2D eigenvalue weighted by Crippen LogP contribution is -2.18. The van der Waals surface area contributed by atoms with Crippen LogP contribution in [0.15, 0.2) is 34.0 Å². The van der Waals surface area contributed by atoms with Crippen LogP contribution in [-0.4, -0.2) is 20.9 Å². The van der Waals surface area contributed by atoms with E-state index in [4.69, 9.17) is 11.6 Å². The molecule has 108 valence electrons. The molecule has 2 heterocycles. The third-order valence-electron chi connectivity index (χ3n) is 3.48. The summed E-state index contributed by atoms with van der Waals surface area (Å²) in [5, 5.41) is 3.84. The van der Waals surface area contributed by atoms with Crippen LogP contribution in [0.3, 0.4) is 0 Å². The molecule has 0 atom stereocenters. The number of hydrogen-bond acceptors (Lipinski definition) is 3. The Balaban J connectivity index is 2.32. The first-order valence-corrected chi connectivity index (χ1v) is 8.05. The molecule has 21 heavy (non-hydrogen) atoms. The van der Waals surface area contributed by atoms with Crippen molar-refractivity contribution in [3.63, 3.8) is 0 Å². The van der Waals surface area contributed by atoms with Crippen LogP contribution in [-0.2, 0) is 0 Å². The molecule has 3 rings (SSSR count). The molecular weight excluding hydrogens is 306 g/mol. The predicted octanol–water partition coefficient (Wildman–Crippen LogP) is 3.68. The van der Waals surface area contributed by atoms with Gasteiger partial charge in [0.2, 0.25) is 0 Å². The first-order chi connectivity index (χ1) is 10.0. The maximum absolute atomic E-state index is 12.5. The Morgan fingerprint density at radius 3 is 2.52 bits per heavy atom. The zero-order valence-electron chi connectivity index (χ0n) is 11.9. The number of halogens is 1. The van der Waals surface area contributed by atoms with Crippen LogP contribution in [0.2, 0.25) is 5.02 Å². The number of H-pyrrole nitrogens is 1. The van der Waals surface area contributed by atoms with E-state index < -0.39 is 0 Å². The number of hydrogen-bond donors (Lipinski definition) is 1. The first-order valence-electron chi connectivity index (χ1n) is 6.44. The molecular formula is C15H14ClN3OS. The van der Waals surface area contributed by atoms with Gasteiger partial charge in [-0.15, -0.1) is 11.8 Å². The van der Waals surface area contributed by atoms with E-state index in [9.17, 15) is 4.79 Å². The van der Waals surface area contributed by atoms with Crippen molar-refractivity contribution in [2.24, 2.45) is 0 Å². The van der Waals surface area contributed by atoms with Crippen molar-refractivity contribution in [3.8, 4) is 11.3 Å². The fraction of sp³-hybridized carbons (Fsp3) is 0.200. The fourth-order valence-electron chi connectivity index (χ4n) is 2.41. The monoisotopic (exact) mass is 319 g/mol. The number of aromatic amines is 1. The summed E-state index contributed by atoms with van der Waals surface area (Å²) in [5.41, 5.74) is 4.18. The second-order valence-electron chi connectivity index (χ2n) is 4.81. The van der Waals surface area contributed by atoms with Gasteiger partial charge in [0.25, 0.3) is 5.56 Å². The van der Waals surface area contributed by atoms with Crippen LogP contribution < -0.4 is 5.56 Å². The average Bonchev–Trinajstić information content (AvgIpc) is 2.78. The van der Waals surface area contributed by atoms with Crippen LogP contribution in [0.4, 0.5) is 0 Å². The number of aromatic nitrogens is 3. The van der Waals surface area contributed by atoms with Crippen molar-refractivity contribution in [2.75, 3.05) is 6.26 Å². The predicted molar refractivity (Wildman–Crippen MR) is 87.5 cm³/mol. The summed E-state index contributed by atoms with van der Waals surface area (Å²) in [6, 6.07) is 7.51. The topological polar surface area (TPSA) is 50.2 Å². The summed E-state index contributed by atoms with van der Waals surface area (Å²) in [6.45, 7) is 3.82. The molecule has 1 aromatic carbocycles. The summed E-state index contributed by atoms with van der Waals surface area (Å²) >= 11 is 7.34. The Hall–Kier alpha value is -1.72. The lowest BCUT2D eigenvalue weighted by Gasteiger charge is -2.01. The van der Waals surface area contributed by atoms with Crippen molar-refractivity contribution in [1.82, 2.24) is 14.6 Å². The molecule has 0 fully saturated rings. The van der Waals surface area contributed by atoms with Crippen molar-refractivity contribution in [3.05, 3.63) is 50.9 Å². The van der Waals surface area contributed by atoms with E-state index in [2.05, 4.69) is 10.1 Å².